The van der Waals surface area contributed by atoms with E-state index in [1.165, 1.54) is 12.8 Å². The second-order valence-corrected chi connectivity index (χ2v) is 6.86. The average Bonchev–Trinajstić information content (AvgIpc) is 3.23. The summed E-state index contributed by atoms with van der Waals surface area (Å²) in [6.07, 6.45) is 7.29. The lowest BCUT2D eigenvalue weighted by molar-refractivity contribution is -0.131. The fourth-order valence-corrected chi connectivity index (χ4v) is 3.77. The van der Waals surface area contributed by atoms with Crippen molar-refractivity contribution < 1.29 is 9.59 Å². The Kier molecular flexibility index (Phi) is 4.74. The summed E-state index contributed by atoms with van der Waals surface area (Å²) in [4.78, 5) is 34.4. The van der Waals surface area contributed by atoms with Gasteiger partial charge in [0.15, 0.2) is 11.3 Å². The van der Waals surface area contributed by atoms with Gasteiger partial charge in [-0.15, -0.1) is 0 Å². The number of aryl methyl sites for hydroxylation is 2. The van der Waals surface area contributed by atoms with Crippen molar-refractivity contribution in [2.75, 3.05) is 7.05 Å². The molecule has 0 bridgehead atoms. The second-order valence-electron chi connectivity index (χ2n) is 6.86. The molecule has 3 rings (SSSR count). The molecule has 7 nitrogen and oxygen atoms in total. The van der Waals surface area contributed by atoms with Gasteiger partial charge in [0.1, 0.15) is 6.33 Å². The van der Waals surface area contributed by atoms with Crippen molar-refractivity contribution in [3.8, 4) is 0 Å². The van der Waals surface area contributed by atoms with E-state index in [1.807, 2.05) is 25.8 Å². The van der Waals surface area contributed by atoms with Crippen LogP contribution in [0.3, 0.4) is 0 Å². The number of carbonyl (C=O) groups is 2. The van der Waals surface area contributed by atoms with Crippen LogP contribution in [0.15, 0.2) is 6.33 Å². The third-order valence-electron chi connectivity index (χ3n) is 5.34. The Morgan fingerprint density at radius 1 is 1.32 bits per heavy atom. The SMILES string of the molecule is Cc1nc2c(C(N)=O)ncn2c(C)c1CCC(=O)N(C)C1CCCC1. The fourth-order valence-electron chi connectivity index (χ4n) is 3.77. The first-order valence-electron chi connectivity index (χ1n) is 8.78. The molecule has 0 aromatic carbocycles. The van der Waals surface area contributed by atoms with Crippen molar-refractivity contribution in [3.63, 3.8) is 0 Å². The lowest BCUT2D eigenvalue weighted by atomic mass is 10.1. The molecule has 2 amide bonds. The Labute approximate surface area is 147 Å². The van der Waals surface area contributed by atoms with Crippen molar-refractivity contribution in [2.45, 2.75) is 58.4 Å². The van der Waals surface area contributed by atoms with Gasteiger partial charge < -0.3 is 10.6 Å². The normalized spacial score (nSPS) is 15.0. The number of carbonyl (C=O) groups excluding carboxylic acids is 2. The highest BCUT2D eigenvalue weighted by Crippen LogP contribution is 2.24. The van der Waals surface area contributed by atoms with Crippen molar-refractivity contribution in [1.82, 2.24) is 19.3 Å². The van der Waals surface area contributed by atoms with Gasteiger partial charge in [0.2, 0.25) is 5.91 Å². The zero-order valence-corrected chi connectivity index (χ0v) is 15.1. The predicted molar refractivity (Wildman–Crippen MR) is 94.3 cm³/mol. The third-order valence-corrected chi connectivity index (χ3v) is 5.34. The molecule has 0 spiro atoms. The lowest BCUT2D eigenvalue weighted by Gasteiger charge is -2.24. The first-order valence-corrected chi connectivity index (χ1v) is 8.78. The first kappa shape index (κ1) is 17.4. The van der Waals surface area contributed by atoms with E-state index in [4.69, 9.17) is 5.73 Å². The Hall–Kier alpha value is -2.44. The number of hydrogen-bond donors (Lipinski definition) is 1. The highest BCUT2D eigenvalue weighted by Gasteiger charge is 2.24. The monoisotopic (exact) mass is 343 g/mol. The number of imidazole rings is 1. The number of nitrogens with two attached hydrogens (primary N) is 1. The minimum Gasteiger partial charge on any atom is -0.364 e. The van der Waals surface area contributed by atoms with Crippen LogP contribution in [0, 0.1) is 13.8 Å². The van der Waals surface area contributed by atoms with Crippen molar-refractivity contribution in [2.24, 2.45) is 5.73 Å². The van der Waals surface area contributed by atoms with Crippen LogP contribution in [0.1, 0.15) is 59.5 Å². The zero-order valence-electron chi connectivity index (χ0n) is 15.1. The molecule has 2 aromatic heterocycles. The Bertz CT molecular complexity index is 820. The van der Waals surface area contributed by atoms with Gasteiger partial charge >= 0.3 is 0 Å². The number of rotatable bonds is 5. The molecule has 2 heterocycles. The predicted octanol–water partition coefficient (Wildman–Crippen LogP) is 1.78. The van der Waals surface area contributed by atoms with E-state index in [-0.39, 0.29) is 11.6 Å². The number of aromatic nitrogens is 3. The number of hydrogen-bond acceptors (Lipinski definition) is 4. The average molecular weight is 343 g/mol. The highest BCUT2D eigenvalue weighted by molar-refractivity contribution is 5.96. The number of amides is 2. The highest BCUT2D eigenvalue weighted by atomic mass is 16.2. The largest absolute Gasteiger partial charge is 0.364 e. The van der Waals surface area contributed by atoms with E-state index >= 15 is 0 Å². The molecule has 134 valence electrons. The van der Waals surface area contributed by atoms with Crippen LogP contribution in [-0.2, 0) is 11.2 Å². The molecule has 7 heteroatoms. The van der Waals surface area contributed by atoms with Crippen LogP contribution in [0.25, 0.3) is 5.65 Å². The molecule has 2 aromatic rings. The van der Waals surface area contributed by atoms with E-state index in [1.54, 1.807) is 10.7 Å². The molecule has 0 radical (unpaired) electrons. The van der Waals surface area contributed by atoms with Gasteiger partial charge in [-0.3, -0.25) is 14.0 Å². The Morgan fingerprint density at radius 2 is 2.00 bits per heavy atom. The molecular formula is C18H25N5O2. The smallest absolute Gasteiger partial charge is 0.271 e. The van der Waals surface area contributed by atoms with E-state index in [9.17, 15) is 9.59 Å². The molecular weight excluding hydrogens is 318 g/mol. The molecule has 0 unspecified atom stereocenters. The summed E-state index contributed by atoms with van der Waals surface area (Å²) in [5.74, 6) is -0.413. The van der Waals surface area contributed by atoms with Crippen molar-refractivity contribution in [1.29, 1.82) is 0 Å². The maximum absolute atomic E-state index is 12.5. The fraction of sp³-hybridized carbons (Fsp3) is 0.556. The summed E-state index contributed by atoms with van der Waals surface area (Å²) >= 11 is 0. The van der Waals surface area contributed by atoms with Gasteiger partial charge in [-0.05, 0) is 38.7 Å². The standard InChI is InChI=1S/C18H25N5O2/c1-11-14(8-9-15(24)22(3)13-6-4-5-7-13)12(2)23-10-20-16(17(19)25)18(23)21-11/h10,13H,4-9H2,1-3H3,(H2,19,25). The van der Waals surface area contributed by atoms with Gasteiger partial charge in [-0.2, -0.15) is 0 Å². The van der Waals surface area contributed by atoms with Crippen LogP contribution in [0.2, 0.25) is 0 Å². The molecule has 1 aliphatic rings. The first-order chi connectivity index (χ1) is 11.9. The molecule has 2 N–H and O–H groups in total. The maximum Gasteiger partial charge on any atom is 0.271 e. The number of fused-ring (bicyclic) bond motifs is 1. The maximum atomic E-state index is 12.5. The van der Waals surface area contributed by atoms with Crippen LogP contribution in [-0.4, -0.2) is 44.2 Å². The second kappa shape index (κ2) is 6.82. The van der Waals surface area contributed by atoms with Gasteiger partial charge in [0.05, 0.1) is 0 Å². The van der Waals surface area contributed by atoms with Gasteiger partial charge in [-0.25, -0.2) is 9.97 Å². The van der Waals surface area contributed by atoms with Gasteiger partial charge in [0, 0.05) is 30.9 Å². The summed E-state index contributed by atoms with van der Waals surface area (Å²) in [5, 5.41) is 0. The molecule has 1 aliphatic carbocycles. The molecule has 25 heavy (non-hydrogen) atoms. The Morgan fingerprint density at radius 3 is 2.64 bits per heavy atom. The molecule has 0 atom stereocenters. The third kappa shape index (κ3) is 3.23. The van der Waals surface area contributed by atoms with Crippen LogP contribution in [0.5, 0.6) is 0 Å². The van der Waals surface area contributed by atoms with Crippen molar-refractivity contribution in [3.05, 3.63) is 29.0 Å². The lowest BCUT2D eigenvalue weighted by Crippen LogP contribution is -2.35. The van der Waals surface area contributed by atoms with Gasteiger partial charge in [0.25, 0.3) is 5.91 Å². The molecule has 0 aliphatic heterocycles. The van der Waals surface area contributed by atoms with Crippen LogP contribution in [0.4, 0.5) is 0 Å². The summed E-state index contributed by atoms with van der Waals surface area (Å²) in [6.45, 7) is 3.85. The summed E-state index contributed by atoms with van der Waals surface area (Å²) < 4.78 is 1.77. The van der Waals surface area contributed by atoms with E-state index in [2.05, 4.69) is 9.97 Å². The molecule has 1 fully saturated rings. The summed E-state index contributed by atoms with van der Waals surface area (Å²) in [6, 6.07) is 0.391. The molecule has 1 saturated carbocycles. The summed E-state index contributed by atoms with van der Waals surface area (Å²) in [7, 11) is 1.91. The Balaban J connectivity index is 1.79. The summed E-state index contributed by atoms with van der Waals surface area (Å²) in [5.41, 5.74) is 8.77. The van der Waals surface area contributed by atoms with E-state index in [0.717, 1.165) is 29.8 Å². The zero-order chi connectivity index (χ0) is 18.1. The minimum atomic E-state index is -0.588. The minimum absolute atomic E-state index is 0.175. The number of primary amides is 1. The molecule has 0 saturated heterocycles. The topological polar surface area (TPSA) is 93.6 Å². The van der Waals surface area contributed by atoms with Gasteiger partial charge in [-0.1, -0.05) is 12.8 Å². The van der Waals surface area contributed by atoms with E-state index < -0.39 is 5.91 Å². The van der Waals surface area contributed by atoms with E-state index in [0.29, 0.717) is 24.5 Å². The van der Waals surface area contributed by atoms with Crippen molar-refractivity contribution >= 4 is 17.5 Å². The van der Waals surface area contributed by atoms with Crippen LogP contribution >= 0.6 is 0 Å². The number of nitrogens with zero attached hydrogens (tertiary/aromatic N) is 4. The van der Waals surface area contributed by atoms with Crippen LogP contribution < -0.4 is 5.73 Å². The quantitative estimate of drug-likeness (QED) is 0.895.